The molecule has 1 aliphatic rings. The Balaban J connectivity index is 1.54. The molecule has 1 heterocycles. The highest BCUT2D eigenvalue weighted by Crippen LogP contribution is 2.15. The van der Waals surface area contributed by atoms with Gasteiger partial charge in [-0.25, -0.2) is 4.39 Å². The number of guanidine groups is 1. The van der Waals surface area contributed by atoms with Crippen molar-refractivity contribution in [2.45, 2.75) is 6.54 Å². The van der Waals surface area contributed by atoms with Crippen LogP contribution in [0.25, 0.3) is 0 Å². The third kappa shape index (κ3) is 4.04. The molecule has 126 valence electrons. The Morgan fingerprint density at radius 1 is 1.04 bits per heavy atom. The van der Waals surface area contributed by atoms with Crippen LogP contribution in [0.4, 0.5) is 10.1 Å². The molecule has 5 heteroatoms. The van der Waals surface area contributed by atoms with Gasteiger partial charge < -0.3 is 15.1 Å². The van der Waals surface area contributed by atoms with Crippen LogP contribution in [0.2, 0.25) is 0 Å². The number of hydrogen-bond acceptors (Lipinski definition) is 2. The summed E-state index contributed by atoms with van der Waals surface area (Å²) in [5.41, 5.74) is 2.18. The fourth-order valence-corrected chi connectivity index (χ4v) is 2.98. The minimum atomic E-state index is -0.208. The summed E-state index contributed by atoms with van der Waals surface area (Å²) in [7, 11) is 1.79. The molecular weight excluding hydrogens is 303 g/mol. The summed E-state index contributed by atoms with van der Waals surface area (Å²) in [5, 5.41) is 3.33. The first-order valence-corrected chi connectivity index (χ1v) is 8.26. The van der Waals surface area contributed by atoms with E-state index in [1.165, 1.54) is 11.8 Å². The van der Waals surface area contributed by atoms with Crippen LogP contribution >= 0.6 is 0 Å². The van der Waals surface area contributed by atoms with Crippen LogP contribution in [0, 0.1) is 5.82 Å². The van der Waals surface area contributed by atoms with E-state index < -0.39 is 0 Å². The fourth-order valence-electron chi connectivity index (χ4n) is 2.98. The average Bonchev–Trinajstić information content (AvgIpc) is 2.64. The second-order valence-corrected chi connectivity index (χ2v) is 5.84. The maximum Gasteiger partial charge on any atom is 0.194 e. The number of para-hydroxylation sites is 1. The lowest BCUT2D eigenvalue weighted by atomic mass is 10.2. The van der Waals surface area contributed by atoms with Crippen LogP contribution < -0.4 is 10.2 Å². The summed E-state index contributed by atoms with van der Waals surface area (Å²) in [5.74, 6) is 0.660. The first kappa shape index (κ1) is 16.3. The average molecular weight is 326 g/mol. The van der Waals surface area contributed by atoms with Crippen molar-refractivity contribution in [3.63, 3.8) is 0 Å². The highest BCUT2D eigenvalue weighted by Gasteiger charge is 2.19. The fraction of sp³-hybridized carbons (Fsp3) is 0.316. The van der Waals surface area contributed by atoms with Gasteiger partial charge in [0.1, 0.15) is 5.82 Å². The van der Waals surface area contributed by atoms with Crippen molar-refractivity contribution in [1.82, 2.24) is 10.2 Å². The number of benzene rings is 2. The molecule has 0 aromatic heterocycles. The number of anilines is 1. The molecule has 0 bridgehead atoms. The lowest BCUT2D eigenvalue weighted by Gasteiger charge is -2.37. The van der Waals surface area contributed by atoms with E-state index >= 15 is 0 Å². The van der Waals surface area contributed by atoms with Crippen LogP contribution in [0.15, 0.2) is 59.6 Å². The molecule has 0 radical (unpaired) electrons. The Kier molecular flexibility index (Phi) is 5.31. The Hall–Kier alpha value is -2.56. The van der Waals surface area contributed by atoms with Crippen molar-refractivity contribution in [1.29, 1.82) is 0 Å². The maximum absolute atomic E-state index is 13.3. The second kappa shape index (κ2) is 7.81. The van der Waals surface area contributed by atoms with Crippen molar-refractivity contribution < 1.29 is 4.39 Å². The van der Waals surface area contributed by atoms with Crippen LogP contribution in [0.3, 0.4) is 0 Å². The number of nitrogens with zero attached hydrogens (tertiary/aromatic N) is 3. The summed E-state index contributed by atoms with van der Waals surface area (Å²) in [6, 6.07) is 17.1. The van der Waals surface area contributed by atoms with Crippen LogP contribution in [-0.4, -0.2) is 44.1 Å². The smallest absolute Gasteiger partial charge is 0.194 e. The molecule has 1 N–H and O–H groups in total. The van der Waals surface area contributed by atoms with E-state index in [-0.39, 0.29) is 5.82 Å². The standard InChI is InChI=1S/C19H23FN4/c1-21-19(22-15-16-6-5-7-17(20)14-16)24-12-10-23(11-13-24)18-8-3-2-4-9-18/h2-9,14H,10-13,15H2,1H3,(H,21,22). The van der Waals surface area contributed by atoms with Gasteiger partial charge in [0.05, 0.1) is 0 Å². The van der Waals surface area contributed by atoms with Gasteiger partial charge in [-0.1, -0.05) is 30.3 Å². The number of nitrogens with one attached hydrogen (secondary N) is 1. The predicted octanol–water partition coefficient (Wildman–Crippen LogP) is 2.72. The van der Waals surface area contributed by atoms with Crippen LogP contribution in [0.1, 0.15) is 5.56 Å². The molecule has 1 aliphatic heterocycles. The lowest BCUT2D eigenvalue weighted by molar-refractivity contribution is 0.372. The van der Waals surface area contributed by atoms with Gasteiger partial charge in [0.15, 0.2) is 5.96 Å². The predicted molar refractivity (Wildman–Crippen MR) is 96.8 cm³/mol. The highest BCUT2D eigenvalue weighted by atomic mass is 19.1. The monoisotopic (exact) mass is 326 g/mol. The Morgan fingerprint density at radius 3 is 2.46 bits per heavy atom. The van der Waals surface area contributed by atoms with Gasteiger partial charge in [0, 0.05) is 45.5 Å². The van der Waals surface area contributed by atoms with Gasteiger partial charge >= 0.3 is 0 Å². The third-order valence-electron chi connectivity index (χ3n) is 4.25. The molecule has 1 saturated heterocycles. The molecule has 0 atom stereocenters. The maximum atomic E-state index is 13.3. The molecule has 0 aliphatic carbocycles. The molecule has 2 aromatic carbocycles. The molecule has 2 aromatic rings. The number of hydrogen-bond donors (Lipinski definition) is 1. The van der Waals surface area contributed by atoms with Crippen molar-refractivity contribution in [3.05, 3.63) is 66.0 Å². The number of piperazine rings is 1. The van der Waals surface area contributed by atoms with Crippen molar-refractivity contribution in [2.75, 3.05) is 38.1 Å². The molecular formula is C19H23FN4. The second-order valence-electron chi connectivity index (χ2n) is 5.84. The summed E-state index contributed by atoms with van der Waals surface area (Å²) in [4.78, 5) is 9.00. The molecule has 0 unspecified atom stereocenters. The van der Waals surface area contributed by atoms with E-state index in [2.05, 4.69) is 44.4 Å². The quantitative estimate of drug-likeness (QED) is 0.695. The van der Waals surface area contributed by atoms with E-state index in [0.717, 1.165) is 37.7 Å². The minimum Gasteiger partial charge on any atom is -0.368 e. The molecule has 4 nitrogen and oxygen atoms in total. The van der Waals surface area contributed by atoms with Gasteiger partial charge in [-0.2, -0.15) is 0 Å². The number of aliphatic imine (C=N–C) groups is 1. The summed E-state index contributed by atoms with van der Waals surface area (Å²) >= 11 is 0. The SMILES string of the molecule is CN=C(NCc1cccc(F)c1)N1CCN(c2ccccc2)CC1. The lowest BCUT2D eigenvalue weighted by Crippen LogP contribution is -2.52. The van der Waals surface area contributed by atoms with Gasteiger partial charge in [0.25, 0.3) is 0 Å². The zero-order valence-electron chi connectivity index (χ0n) is 14.0. The van der Waals surface area contributed by atoms with Crippen molar-refractivity contribution >= 4 is 11.6 Å². The van der Waals surface area contributed by atoms with Gasteiger partial charge in [0.2, 0.25) is 0 Å². The summed E-state index contributed by atoms with van der Waals surface area (Å²) in [6.45, 7) is 4.33. The van der Waals surface area contributed by atoms with E-state index in [1.807, 2.05) is 12.1 Å². The van der Waals surface area contributed by atoms with E-state index in [0.29, 0.717) is 6.54 Å². The first-order valence-electron chi connectivity index (χ1n) is 8.26. The zero-order valence-corrected chi connectivity index (χ0v) is 14.0. The minimum absolute atomic E-state index is 0.208. The zero-order chi connectivity index (χ0) is 16.8. The molecule has 3 rings (SSSR count). The van der Waals surface area contributed by atoms with Crippen LogP contribution in [-0.2, 0) is 6.54 Å². The van der Waals surface area contributed by atoms with Crippen molar-refractivity contribution in [2.24, 2.45) is 4.99 Å². The Bertz CT molecular complexity index is 679. The van der Waals surface area contributed by atoms with Gasteiger partial charge in [-0.15, -0.1) is 0 Å². The summed E-state index contributed by atoms with van der Waals surface area (Å²) < 4.78 is 13.3. The number of halogens is 1. The molecule has 0 amide bonds. The molecule has 1 fully saturated rings. The topological polar surface area (TPSA) is 30.9 Å². The first-order chi connectivity index (χ1) is 11.8. The largest absolute Gasteiger partial charge is 0.368 e. The van der Waals surface area contributed by atoms with Gasteiger partial charge in [-0.05, 0) is 29.8 Å². The van der Waals surface area contributed by atoms with E-state index in [9.17, 15) is 4.39 Å². The van der Waals surface area contributed by atoms with Gasteiger partial charge in [-0.3, -0.25) is 4.99 Å². The third-order valence-corrected chi connectivity index (χ3v) is 4.25. The van der Waals surface area contributed by atoms with E-state index in [1.54, 1.807) is 19.2 Å². The van der Waals surface area contributed by atoms with Crippen molar-refractivity contribution in [3.8, 4) is 0 Å². The number of rotatable bonds is 3. The molecule has 0 saturated carbocycles. The molecule has 24 heavy (non-hydrogen) atoms. The molecule has 0 spiro atoms. The highest BCUT2D eigenvalue weighted by molar-refractivity contribution is 5.80. The normalized spacial score (nSPS) is 15.5. The Morgan fingerprint density at radius 2 is 1.79 bits per heavy atom. The Labute approximate surface area is 142 Å². The summed E-state index contributed by atoms with van der Waals surface area (Å²) in [6.07, 6.45) is 0. The van der Waals surface area contributed by atoms with Crippen LogP contribution in [0.5, 0.6) is 0 Å². The van der Waals surface area contributed by atoms with E-state index in [4.69, 9.17) is 0 Å².